The Balaban J connectivity index is 1.59. The van der Waals surface area contributed by atoms with Gasteiger partial charge in [0, 0.05) is 6.61 Å². The maximum atomic E-state index is 5.96. The average Bonchev–Trinajstić information content (AvgIpc) is 3.23. The van der Waals surface area contributed by atoms with E-state index in [1.165, 1.54) is 5.56 Å². The van der Waals surface area contributed by atoms with Crippen LogP contribution in [-0.4, -0.2) is 22.3 Å². The van der Waals surface area contributed by atoms with E-state index in [1.54, 1.807) is 0 Å². The molecule has 1 aromatic heterocycles. The zero-order valence-corrected chi connectivity index (χ0v) is 13.9. The van der Waals surface area contributed by atoms with E-state index in [-0.39, 0.29) is 6.10 Å². The van der Waals surface area contributed by atoms with Crippen molar-refractivity contribution in [1.82, 2.24) is 9.55 Å². The van der Waals surface area contributed by atoms with Crippen LogP contribution >= 0.6 is 0 Å². The summed E-state index contributed by atoms with van der Waals surface area (Å²) in [7, 11) is 0. The molecule has 3 aromatic rings. The number of hydrogen-bond donors (Lipinski definition) is 0. The van der Waals surface area contributed by atoms with Crippen molar-refractivity contribution < 1.29 is 9.47 Å². The predicted octanol–water partition coefficient (Wildman–Crippen LogP) is 4.10. The lowest BCUT2D eigenvalue weighted by atomic mass is 10.2. The van der Waals surface area contributed by atoms with Gasteiger partial charge in [-0.05, 0) is 44.0 Å². The summed E-state index contributed by atoms with van der Waals surface area (Å²) in [6, 6.07) is 16.4. The number of benzene rings is 2. The van der Waals surface area contributed by atoms with Gasteiger partial charge in [-0.25, -0.2) is 4.98 Å². The molecule has 0 unspecified atom stereocenters. The monoisotopic (exact) mass is 322 g/mol. The van der Waals surface area contributed by atoms with Crippen molar-refractivity contribution >= 4 is 11.0 Å². The molecule has 1 aliphatic rings. The molecule has 1 aliphatic heterocycles. The second-order valence-electron chi connectivity index (χ2n) is 6.36. The Labute approximate surface area is 142 Å². The van der Waals surface area contributed by atoms with E-state index in [0.717, 1.165) is 48.6 Å². The zero-order chi connectivity index (χ0) is 16.4. The molecule has 0 spiro atoms. The zero-order valence-electron chi connectivity index (χ0n) is 13.9. The molecule has 1 saturated heterocycles. The van der Waals surface area contributed by atoms with E-state index in [2.05, 4.69) is 41.8 Å². The van der Waals surface area contributed by atoms with Crippen LogP contribution in [-0.2, 0) is 17.9 Å². The third-order valence-electron chi connectivity index (χ3n) is 4.53. The van der Waals surface area contributed by atoms with E-state index in [9.17, 15) is 0 Å². The first kappa shape index (κ1) is 15.2. The number of aryl methyl sites for hydroxylation is 1. The summed E-state index contributed by atoms with van der Waals surface area (Å²) in [5.41, 5.74) is 3.39. The lowest BCUT2D eigenvalue weighted by Crippen LogP contribution is -2.17. The fourth-order valence-electron chi connectivity index (χ4n) is 3.21. The molecule has 4 rings (SSSR count). The summed E-state index contributed by atoms with van der Waals surface area (Å²) in [5.74, 6) is 1.82. The van der Waals surface area contributed by atoms with Gasteiger partial charge < -0.3 is 14.0 Å². The van der Waals surface area contributed by atoms with Crippen LogP contribution in [0.5, 0.6) is 5.75 Å². The maximum absolute atomic E-state index is 5.96. The van der Waals surface area contributed by atoms with Crippen LogP contribution in [0.2, 0.25) is 0 Å². The first-order valence-electron chi connectivity index (χ1n) is 8.55. The van der Waals surface area contributed by atoms with Crippen LogP contribution in [0.3, 0.4) is 0 Å². The number of nitrogens with zero attached hydrogens (tertiary/aromatic N) is 2. The summed E-state index contributed by atoms with van der Waals surface area (Å²) in [4.78, 5) is 4.77. The van der Waals surface area contributed by atoms with Crippen molar-refractivity contribution in [3.05, 3.63) is 59.9 Å². The lowest BCUT2D eigenvalue weighted by Gasteiger charge is -2.14. The number of imidazole rings is 1. The van der Waals surface area contributed by atoms with Crippen LogP contribution in [0.15, 0.2) is 48.5 Å². The number of hydrogen-bond acceptors (Lipinski definition) is 3. The maximum Gasteiger partial charge on any atom is 0.148 e. The third kappa shape index (κ3) is 3.15. The molecule has 0 N–H and O–H groups in total. The Kier molecular flexibility index (Phi) is 4.22. The molecular weight excluding hydrogens is 300 g/mol. The SMILES string of the molecule is Cc1ccc(OCc2nc3ccccc3n2C[C@H]2CCCO2)cc1. The molecule has 4 nitrogen and oxygen atoms in total. The highest BCUT2D eigenvalue weighted by atomic mass is 16.5. The molecule has 1 atom stereocenters. The predicted molar refractivity (Wildman–Crippen MR) is 94.2 cm³/mol. The molecular formula is C20H22N2O2. The number of rotatable bonds is 5. The van der Waals surface area contributed by atoms with Crippen molar-refractivity contribution in [3.8, 4) is 5.75 Å². The third-order valence-corrected chi connectivity index (χ3v) is 4.53. The molecule has 4 heteroatoms. The number of aromatic nitrogens is 2. The van der Waals surface area contributed by atoms with E-state index < -0.39 is 0 Å². The van der Waals surface area contributed by atoms with Crippen molar-refractivity contribution in [1.29, 1.82) is 0 Å². The molecule has 1 fully saturated rings. The number of para-hydroxylation sites is 2. The quantitative estimate of drug-likeness (QED) is 0.709. The van der Waals surface area contributed by atoms with Gasteiger partial charge in [-0.15, -0.1) is 0 Å². The number of ether oxygens (including phenoxy) is 2. The largest absolute Gasteiger partial charge is 0.486 e. The van der Waals surface area contributed by atoms with Crippen LogP contribution in [0.1, 0.15) is 24.2 Å². The normalized spacial score (nSPS) is 17.5. The van der Waals surface area contributed by atoms with Gasteiger partial charge in [-0.1, -0.05) is 29.8 Å². The first-order chi connectivity index (χ1) is 11.8. The summed E-state index contributed by atoms with van der Waals surface area (Å²) < 4.78 is 14.0. The van der Waals surface area contributed by atoms with Crippen LogP contribution in [0, 0.1) is 6.92 Å². The standard InChI is InChI=1S/C20H22N2O2/c1-15-8-10-16(11-9-15)24-14-20-21-18-6-2-3-7-19(18)22(20)13-17-5-4-12-23-17/h2-3,6-11,17H,4-5,12-14H2,1H3/t17-/m1/s1. The smallest absolute Gasteiger partial charge is 0.148 e. The Morgan fingerprint density at radius 1 is 1.17 bits per heavy atom. The molecule has 2 aromatic carbocycles. The lowest BCUT2D eigenvalue weighted by molar-refractivity contribution is 0.0963. The van der Waals surface area contributed by atoms with E-state index in [4.69, 9.17) is 14.5 Å². The van der Waals surface area contributed by atoms with E-state index in [1.807, 2.05) is 18.2 Å². The summed E-state index contributed by atoms with van der Waals surface area (Å²) in [6.07, 6.45) is 2.54. The Hall–Kier alpha value is -2.33. The van der Waals surface area contributed by atoms with Gasteiger partial charge in [0.15, 0.2) is 0 Å². The highest BCUT2D eigenvalue weighted by Crippen LogP contribution is 2.22. The van der Waals surface area contributed by atoms with E-state index in [0.29, 0.717) is 6.61 Å². The van der Waals surface area contributed by atoms with Crippen molar-refractivity contribution in [3.63, 3.8) is 0 Å². The van der Waals surface area contributed by atoms with Crippen LogP contribution in [0.4, 0.5) is 0 Å². The van der Waals surface area contributed by atoms with Gasteiger partial charge in [0.1, 0.15) is 18.2 Å². The first-order valence-corrected chi connectivity index (χ1v) is 8.55. The van der Waals surface area contributed by atoms with Crippen molar-refractivity contribution in [2.45, 2.75) is 39.0 Å². The fourth-order valence-corrected chi connectivity index (χ4v) is 3.21. The average molecular weight is 322 g/mol. The second kappa shape index (κ2) is 6.65. The Bertz CT molecular complexity index is 817. The van der Waals surface area contributed by atoms with Gasteiger partial charge in [0.2, 0.25) is 0 Å². The molecule has 124 valence electrons. The second-order valence-corrected chi connectivity index (χ2v) is 6.36. The summed E-state index contributed by atoms with van der Waals surface area (Å²) >= 11 is 0. The number of fused-ring (bicyclic) bond motifs is 1. The summed E-state index contributed by atoms with van der Waals surface area (Å²) in [5, 5.41) is 0. The Morgan fingerprint density at radius 3 is 2.79 bits per heavy atom. The summed E-state index contributed by atoms with van der Waals surface area (Å²) in [6.45, 7) is 4.24. The highest BCUT2D eigenvalue weighted by Gasteiger charge is 2.19. The van der Waals surface area contributed by atoms with Crippen molar-refractivity contribution in [2.24, 2.45) is 0 Å². The molecule has 0 radical (unpaired) electrons. The topological polar surface area (TPSA) is 36.3 Å². The van der Waals surface area contributed by atoms with Gasteiger partial charge in [-0.2, -0.15) is 0 Å². The molecule has 0 saturated carbocycles. The van der Waals surface area contributed by atoms with Gasteiger partial charge in [-0.3, -0.25) is 0 Å². The molecule has 2 heterocycles. The molecule has 0 amide bonds. The minimum atomic E-state index is 0.278. The van der Waals surface area contributed by atoms with Crippen LogP contribution < -0.4 is 4.74 Å². The highest BCUT2D eigenvalue weighted by molar-refractivity contribution is 5.75. The van der Waals surface area contributed by atoms with Gasteiger partial charge >= 0.3 is 0 Å². The minimum Gasteiger partial charge on any atom is -0.486 e. The minimum absolute atomic E-state index is 0.278. The molecule has 0 aliphatic carbocycles. The molecule has 0 bridgehead atoms. The van der Waals surface area contributed by atoms with Gasteiger partial charge in [0.05, 0.1) is 23.7 Å². The van der Waals surface area contributed by atoms with E-state index >= 15 is 0 Å². The Morgan fingerprint density at radius 2 is 2.00 bits per heavy atom. The van der Waals surface area contributed by atoms with Gasteiger partial charge in [0.25, 0.3) is 0 Å². The van der Waals surface area contributed by atoms with Crippen molar-refractivity contribution in [2.75, 3.05) is 6.61 Å². The fraction of sp³-hybridized carbons (Fsp3) is 0.350. The molecule has 24 heavy (non-hydrogen) atoms. The van der Waals surface area contributed by atoms with Crippen LogP contribution in [0.25, 0.3) is 11.0 Å².